The van der Waals surface area contributed by atoms with Gasteiger partial charge in [-0.05, 0) is 43.8 Å². The molecule has 4 atom stereocenters. The third-order valence-electron chi connectivity index (χ3n) is 3.36. The van der Waals surface area contributed by atoms with Gasteiger partial charge in [0, 0.05) is 5.25 Å². The fourth-order valence-electron chi connectivity index (χ4n) is 2.50. The van der Waals surface area contributed by atoms with Gasteiger partial charge in [-0.15, -0.1) is 0 Å². The van der Waals surface area contributed by atoms with Crippen molar-refractivity contribution in [2.75, 3.05) is 6.26 Å². The van der Waals surface area contributed by atoms with E-state index < -0.39 is 0 Å². The molecule has 0 aromatic heterocycles. The van der Waals surface area contributed by atoms with E-state index in [1.165, 1.54) is 12.8 Å². The standard InChI is InChI=1S/C12H22S/c1-5-6-11-9(2)7-8-10(3)12(11)13-4/h5-6,9-12H,7-8H2,1-4H3. The Morgan fingerprint density at radius 3 is 2.31 bits per heavy atom. The molecule has 0 saturated heterocycles. The molecule has 0 aromatic carbocycles. The van der Waals surface area contributed by atoms with Gasteiger partial charge in [0.2, 0.25) is 0 Å². The molecule has 1 fully saturated rings. The molecule has 0 aromatic rings. The topological polar surface area (TPSA) is 0 Å². The Hall–Kier alpha value is 0.0900. The van der Waals surface area contributed by atoms with Crippen molar-refractivity contribution in [2.24, 2.45) is 17.8 Å². The first-order chi connectivity index (χ1) is 6.20. The molecule has 0 bridgehead atoms. The molecule has 13 heavy (non-hydrogen) atoms. The van der Waals surface area contributed by atoms with E-state index in [1.807, 2.05) is 0 Å². The Balaban J connectivity index is 2.70. The maximum Gasteiger partial charge on any atom is 0.0135 e. The molecule has 1 aliphatic rings. The van der Waals surface area contributed by atoms with E-state index in [4.69, 9.17) is 0 Å². The first kappa shape index (κ1) is 11.2. The van der Waals surface area contributed by atoms with Crippen LogP contribution in [-0.2, 0) is 0 Å². The monoisotopic (exact) mass is 198 g/mol. The second kappa shape index (κ2) is 5.09. The largest absolute Gasteiger partial charge is 0.161 e. The zero-order valence-electron chi connectivity index (χ0n) is 9.29. The molecule has 1 rings (SSSR count). The van der Waals surface area contributed by atoms with Gasteiger partial charge in [0.05, 0.1) is 0 Å². The predicted octanol–water partition coefficient (Wildman–Crippen LogP) is 3.98. The SMILES string of the molecule is CC=CC1C(C)CCC(C)C1SC. The Morgan fingerprint density at radius 2 is 1.77 bits per heavy atom. The summed E-state index contributed by atoms with van der Waals surface area (Å²) in [6.45, 7) is 6.95. The summed E-state index contributed by atoms with van der Waals surface area (Å²) in [5.74, 6) is 2.58. The molecule has 0 nitrogen and oxygen atoms in total. The van der Waals surface area contributed by atoms with Crippen LogP contribution in [0.3, 0.4) is 0 Å². The lowest BCUT2D eigenvalue weighted by Crippen LogP contribution is -2.33. The van der Waals surface area contributed by atoms with Crippen LogP contribution >= 0.6 is 11.8 Å². The predicted molar refractivity (Wildman–Crippen MR) is 63.2 cm³/mol. The number of hydrogen-bond donors (Lipinski definition) is 0. The second-order valence-electron chi connectivity index (χ2n) is 4.34. The van der Waals surface area contributed by atoms with Gasteiger partial charge >= 0.3 is 0 Å². The molecule has 0 spiro atoms. The van der Waals surface area contributed by atoms with Crippen LogP contribution in [0.5, 0.6) is 0 Å². The van der Waals surface area contributed by atoms with Gasteiger partial charge < -0.3 is 0 Å². The van der Waals surface area contributed by atoms with Crippen molar-refractivity contribution in [2.45, 2.75) is 38.9 Å². The first-order valence-corrected chi connectivity index (χ1v) is 6.65. The summed E-state index contributed by atoms with van der Waals surface area (Å²) < 4.78 is 0. The van der Waals surface area contributed by atoms with Crippen LogP contribution in [0.4, 0.5) is 0 Å². The average molecular weight is 198 g/mol. The molecule has 76 valence electrons. The minimum Gasteiger partial charge on any atom is -0.161 e. The lowest BCUT2D eigenvalue weighted by molar-refractivity contribution is 0.255. The zero-order chi connectivity index (χ0) is 9.84. The van der Waals surface area contributed by atoms with Crippen LogP contribution in [0, 0.1) is 17.8 Å². The van der Waals surface area contributed by atoms with Crippen molar-refractivity contribution in [3.8, 4) is 0 Å². The molecule has 1 heteroatoms. The molecule has 0 aliphatic heterocycles. The average Bonchev–Trinajstić information content (AvgIpc) is 2.12. The molecular weight excluding hydrogens is 176 g/mol. The zero-order valence-corrected chi connectivity index (χ0v) is 10.1. The normalized spacial score (nSPS) is 41.2. The highest BCUT2D eigenvalue weighted by atomic mass is 32.2. The van der Waals surface area contributed by atoms with Crippen molar-refractivity contribution in [1.82, 2.24) is 0 Å². The van der Waals surface area contributed by atoms with Gasteiger partial charge in [-0.3, -0.25) is 0 Å². The fraction of sp³-hybridized carbons (Fsp3) is 0.833. The molecular formula is C12H22S. The second-order valence-corrected chi connectivity index (χ2v) is 5.35. The van der Waals surface area contributed by atoms with Crippen molar-refractivity contribution < 1.29 is 0 Å². The summed E-state index contributed by atoms with van der Waals surface area (Å²) in [4.78, 5) is 0. The van der Waals surface area contributed by atoms with Crippen LogP contribution in [0.15, 0.2) is 12.2 Å². The van der Waals surface area contributed by atoms with Crippen molar-refractivity contribution in [3.05, 3.63) is 12.2 Å². The molecule has 0 N–H and O–H groups in total. The minimum absolute atomic E-state index is 0.809. The first-order valence-electron chi connectivity index (χ1n) is 5.36. The van der Waals surface area contributed by atoms with Gasteiger partial charge in [0.15, 0.2) is 0 Å². The lowest BCUT2D eigenvalue weighted by Gasteiger charge is -2.38. The maximum absolute atomic E-state index is 2.42. The molecule has 1 aliphatic carbocycles. The summed E-state index contributed by atoms with van der Waals surface area (Å²) in [6.07, 6.45) is 9.73. The third kappa shape index (κ3) is 2.52. The van der Waals surface area contributed by atoms with Gasteiger partial charge in [-0.1, -0.05) is 26.0 Å². The Morgan fingerprint density at radius 1 is 1.15 bits per heavy atom. The van der Waals surface area contributed by atoms with Gasteiger partial charge in [0.1, 0.15) is 0 Å². The van der Waals surface area contributed by atoms with E-state index in [0.717, 1.165) is 23.0 Å². The van der Waals surface area contributed by atoms with Crippen molar-refractivity contribution in [1.29, 1.82) is 0 Å². The van der Waals surface area contributed by atoms with E-state index in [9.17, 15) is 0 Å². The van der Waals surface area contributed by atoms with Crippen LogP contribution in [-0.4, -0.2) is 11.5 Å². The van der Waals surface area contributed by atoms with Crippen LogP contribution in [0.2, 0.25) is 0 Å². The molecule has 0 amide bonds. The Bertz CT molecular complexity index is 174. The fourth-order valence-corrected chi connectivity index (χ4v) is 3.77. The molecule has 0 radical (unpaired) electrons. The summed E-state index contributed by atoms with van der Waals surface area (Å²) in [5, 5.41) is 0.847. The van der Waals surface area contributed by atoms with Crippen LogP contribution < -0.4 is 0 Å². The highest BCUT2D eigenvalue weighted by Crippen LogP contribution is 2.40. The summed E-state index contributed by atoms with van der Waals surface area (Å²) >= 11 is 2.05. The highest BCUT2D eigenvalue weighted by Gasteiger charge is 2.32. The van der Waals surface area contributed by atoms with Gasteiger partial charge in [-0.2, -0.15) is 11.8 Å². The smallest absolute Gasteiger partial charge is 0.0135 e. The summed E-state index contributed by atoms with van der Waals surface area (Å²) in [5.41, 5.74) is 0. The van der Waals surface area contributed by atoms with E-state index in [0.29, 0.717) is 0 Å². The molecule has 4 unspecified atom stereocenters. The highest BCUT2D eigenvalue weighted by molar-refractivity contribution is 7.99. The molecule has 0 heterocycles. The summed E-state index contributed by atoms with van der Waals surface area (Å²) in [6, 6.07) is 0. The lowest BCUT2D eigenvalue weighted by atomic mass is 9.75. The van der Waals surface area contributed by atoms with E-state index >= 15 is 0 Å². The number of allylic oxidation sites excluding steroid dienone is 2. The quantitative estimate of drug-likeness (QED) is 0.605. The number of rotatable bonds is 2. The molecule has 1 saturated carbocycles. The maximum atomic E-state index is 2.42. The van der Waals surface area contributed by atoms with Gasteiger partial charge in [0.25, 0.3) is 0 Å². The van der Waals surface area contributed by atoms with Crippen LogP contribution in [0.25, 0.3) is 0 Å². The third-order valence-corrected chi connectivity index (χ3v) is 4.68. The number of hydrogen-bond acceptors (Lipinski definition) is 1. The summed E-state index contributed by atoms with van der Waals surface area (Å²) in [7, 11) is 0. The Kier molecular flexibility index (Phi) is 4.37. The van der Waals surface area contributed by atoms with E-state index in [-0.39, 0.29) is 0 Å². The van der Waals surface area contributed by atoms with E-state index in [1.54, 1.807) is 0 Å². The Labute approximate surface area is 87.2 Å². The van der Waals surface area contributed by atoms with Gasteiger partial charge in [-0.25, -0.2) is 0 Å². The minimum atomic E-state index is 0.809. The van der Waals surface area contributed by atoms with Crippen molar-refractivity contribution >= 4 is 11.8 Å². The van der Waals surface area contributed by atoms with E-state index in [2.05, 4.69) is 50.9 Å². The van der Waals surface area contributed by atoms with Crippen LogP contribution in [0.1, 0.15) is 33.6 Å². The number of thioether (sulfide) groups is 1. The van der Waals surface area contributed by atoms with Crippen molar-refractivity contribution in [3.63, 3.8) is 0 Å².